The van der Waals surface area contributed by atoms with Crippen molar-refractivity contribution in [1.29, 1.82) is 0 Å². The number of halogens is 3. The molecule has 0 amide bonds. The molecule has 0 bridgehead atoms. The fourth-order valence-electron chi connectivity index (χ4n) is 3.40. The van der Waals surface area contributed by atoms with Crippen molar-refractivity contribution in [2.75, 3.05) is 0 Å². The molecule has 1 saturated carbocycles. The summed E-state index contributed by atoms with van der Waals surface area (Å²) in [6.07, 6.45) is 3.81. The lowest BCUT2D eigenvalue weighted by Crippen LogP contribution is -2.29. The summed E-state index contributed by atoms with van der Waals surface area (Å²) in [5, 5.41) is 0. The molecule has 0 nitrogen and oxygen atoms in total. The van der Waals surface area contributed by atoms with Crippen molar-refractivity contribution in [3.8, 4) is 0 Å². The van der Waals surface area contributed by atoms with E-state index in [9.17, 15) is 13.2 Å². The first-order valence-corrected chi connectivity index (χ1v) is 7.16. The van der Waals surface area contributed by atoms with Crippen molar-refractivity contribution in [3.05, 3.63) is 35.4 Å². The van der Waals surface area contributed by atoms with Crippen LogP contribution in [0.15, 0.2) is 24.3 Å². The van der Waals surface area contributed by atoms with Crippen LogP contribution in [-0.2, 0) is 11.6 Å². The molecule has 0 atom stereocenters. The van der Waals surface area contributed by atoms with E-state index in [2.05, 4.69) is 6.92 Å². The van der Waals surface area contributed by atoms with Gasteiger partial charge in [0.15, 0.2) is 0 Å². The summed E-state index contributed by atoms with van der Waals surface area (Å²) in [6, 6.07) is 5.87. The normalized spacial score (nSPS) is 19.4. The molecule has 1 aromatic carbocycles. The summed E-state index contributed by atoms with van der Waals surface area (Å²) in [6.45, 7) is 2.15. The quantitative estimate of drug-likeness (QED) is 0.660. The van der Waals surface area contributed by atoms with Crippen LogP contribution in [0.1, 0.15) is 63.0 Å². The van der Waals surface area contributed by atoms with Gasteiger partial charge in [-0.25, -0.2) is 0 Å². The summed E-state index contributed by atoms with van der Waals surface area (Å²) in [7, 11) is 0. The molecule has 1 aromatic rings. The third kappa shape index (κ3) is 3.13. The first kappa shape index (κ1) is 14.4. The molecule has 0 spiro atoms. The van der Waals surface area contributed by atoms with E-state index < -0.39 is 11.7 Å². The molecule has 0 heterocycles. The van der Waals surface area contributed by atoms with E-state index >= 15 is 0 Å². The molecule has 1 aliphatic rings. The molecule has 1 fully saturated rings. The maximum atomic E-state index is 12.6. The van der Waals surface area contributed by atoms with Gasteiger partial charge in [-0.15, -0.1) is 0 Å². The van der Waals surface area contributed by atoms with E-state index in [1.54, 1.807) is 12.1 Å². The monoisotopic (exact) mass is 270 g/mol. The van der Waals surface area contributed by atoms with Gasteiger partial charge in [-0.1, -0.05) is 44.7 Å². The zero-order chi connectivity index (χ0) is 13.9. The van der Waals surface area contributed by atoms with Crippen molar-refractivity contribution < 1.29 is 13.2 Å². The summed E-state index contributed by atoms with van der Waals surface area (Å²) in [5.41, 5.74) is 0.678. The number of hydrogen-bond donors (Lipinski definition) is 0. The molecular weight excluding hydrogens is 249 g/mol. The summed E-state index contributed by atoms with van der Waals surface area (Å²) in [5.74, 6) is 0. The largest absolute Gasteiger partial charge is 0.416 e. The van der Waals surface area contributed by atoms with Gasteiger partial charge in [0.05, 0.1) is 5.56 Å². The van der Waals surface area contributed by atoms with Crippen molar-refractivity contribution in [3.63, 3.8) is 0 Å². The molecule has 0 N–H and O–H groups in total. The highest BCUT2D eigenvalue weighted by Crippen LogP contribution is 2.43. The van der Waals surface area contributed by atoms with Gasteiger partial charge in [-0.2, -0.15) is 13.2 Å². The minimum absolute atomic E-state index is 0.122. The van der Waals surface area contributed by atoms with E-state index in [1.807, 2.05) is 0 Å². The van der Waals surface area contributed by atoms with Gasteiger partial charge >= 0.3 is 6.18 Å². The van der Waals surface area contributed by atoms with E-state index in [0.717, 1.165) is 31.2 Å². The molecule has 2 rings (SSSR count). The molecule has 106 valence electrons. The minimum atomic E-state index is -4.23. The predicted octanol–water partition coefficient (Wildman–Crippen LogP) is 5.71. The van der Waals surface area contributed by atoms with Crippen molar-refractivity contribution in [2.45, 2.75) is 63.5 Å². The topological polar surface area (TPSA) is 0 Å². The molecule has 0 radical (unpaired) electrons. The predicted molar refractivity (Wildman–Crippen MR) is 71.1 cm³/mol. The van der Waals surface area contributed by atoms with Crippen molar-refractivity contribution >= 4 is 0 Å². The van der Waals surface area contributed by atoms with Gasteiger partial charge < -0.3 is 0 Å². The zero-order valence-electron chi connectivity index (χ0n) is 11.4. The number of benzene rings is 1. The summed E-state index contributed by atoms with van der Waals surface area (Å²) < 4.78 is 37.8. The van der Waals surface area contributed by atoms with E-state index in [0.29, 0.717) is 0 Å². The van der Waals surface area contributed by atoms with Crippen LogP contribution in [0, 0.1) is 0 Å². The molecule has 0 saturated heterocycles. The summed E-state index contributed by atoms with van der Waals surface area (Å²) >= 11 is 0. The SMILES string of the molecule is CCCC1(c2ccc(C(F)(F)F)cc2)CCCCC1. The average Bonchev–Trinajstić information content (AvgIpc) is 2.39. The van der Waals surface area contributed by atoms with Crippen LogP contribution < -0.4 is 0 Å². The first-order valence-electron chi connectivity index (χ1n) is 7.16. The van der Waals surface area contributed by atoms with Crippen LogP contribution in [0.25, 0.3) is 0 Å². The highest BCUT2D eigenvalue weighted by atomic mass is 19.4. The Morgan fingerprint density at radius 1 is 1.00 bits per heavy atom. The Balaban J connectivity index is 2.27. The van der Waals surface area contributed by atoms with Gasteiger partial charge in [-0.05, 0) is 42.4 Å². The van der Waals surface area contributed by atoms with Crippen LogP contribution in [0.3, 0.4) is 0 Å². The average molecular weight is 270 g/mol. The van der Waals surface area contributed by atoms with Gasteiger partial charge in [-0.3, -0.25) is 0 Å². The summed E-state index contributed by atoms with van der Waals surface area (Å²) in [4.78, 5) is 0. The van der Waals surface area contributed by atoms with Crippen molar-refractivity contribution in [1.82, 2.24) is 0 Å². The lowest BCUT2D eigenvalue weighted by Gasteiger charge is -2.38. The Hall–Kier alpha value is -0.990. The molecule has 3 heteroatoms. The number of rotatable bonds is 3. The van der Waals surface area contributed by atoms with Crippen molar-refractivity contribution in [2.24, 2.45) is 0 Å². The minimum Gasteiger partial charge on any atom is -0.166 e. The zero-order valence-corrected chi connectivity index (χ0v) is 11.4. The van der Waals surface area contributed by atoms with Crippen LogP contribution in [0.2, 0.25) is 0 Å². The molecule has 0 aromatic heterocycles. The lowest BCUT2D eigenvalue weighted by molar-refractivity contribution is -0.137. The van der Waals surface area contributed by atoms with Gasteiger partial charge in [0, 0.05) is 0 Å². The fourth-order valence-corrected chi connectivity index (χ4v) is 3.40. The third-order valence-electron chi connectivity index (χ3n) is 4.36. The van der Waals surface area contributed by atoms with Gasteiger partial charge in [0.1, 0.15) is 0 Å². The first-order chi connectivity index (χ1) is 8.98. The van der Waals surface area contributed by atoms with E-state index in [-0.39, 0.29) is 5.41 Å². The Morgan fingerprint density at radius 3 is 2.05 bits per heavy atom. The third-order valence-corrected chi connectivity index (χ3v) is 4.36. The van der Waals surface area contributed by atoms with Gasteiger partial charge in [0.2, 0.25) is 0 Å². The second kappa shape index (κ2) is 5.56. The van der Waals surface area contributed by atoms with E-state index in [4.69, 9.17) is 0 Å². The highest BCUT2D eigenvalue weighted by molar-refractivity contribution is 5.31. The Labute approximate surface area is 113 Å². The molecule has 1 aliphatic carbocycles. The van der Waals surface area contributed by atoms with Crippen LogP contribution >= 0.6 is 0 Å². The molecular formula is C16H21F3. The highest BCUT2D eigenvalue weighted by Gasteiger charge is 2.34. The van der Waals surface area contributed by atoms with Crippen LogP contribution in [-0.4, -0.2) is 0 Å². The van der Waals surface area contributed by atoms with Crippen LogP contribution in [0.5, 0.6) is 0 Å². The Kier molecular flexibility index (Phi) is 4.22. The second-order valence-electron chi connectivity index (χ2n) is 5.67. The maximum absolute atomic E-state index is 12.6. The number of hydrogen-bond acceptors (Lipinski definition) is 0. The molecule has 0 unspecified atom stereocenters. The van der Waals surface area contributed by atoms with Crippen LogP contribution in [0.4, 0.5) is 13.2 Å². The molecule has 0 aliphatic heterocycles. The van der Waals surface area contributed by atoms with E-state index in [1.165, 1.54) is 31.4 Å². The molecule has 19 heavy (non-hydrogen) atoms. The Morgan fingerprint density at radius 2 is 1.58 bits per heavy atom. The maximum Gasteiger partial charge on any atom is 0.416 e. The fraction of sp³-hybridized carbons (Fsp3) is 0.625. The smallest absolute Gasteiger partial charge is 0.166 e. The Bertz CT molecular complexity index is 391. The second-order valence-corrected chi connectivity index (χ2v) is 5.67. The lowest BCUT2D eigenvalue weighted by atomic mass is 9.67. The number of alkyl halides is 3. The van der Waals surface area contributed by atoms with Gasteiger partial charge in [0.25, 0.3) is 0 Å². The standard InChI is InChI=1S/C16H21F3/c1-2-10-15(11-4-3-5-12-15)13-6-8-14(9-7-13)16(17,18)19/h6-9H,2-5,10-12H2,1H3.